The maximum absolute atomic E-state index is 5.53. The Kier molecular flexibility index (Phi) is 4.94. The summed E-state index contributed by atoms with van der Waals surface area (Å²) in [6.45, 7) is 4.74. The molecule has 0 spiro atoms. The zero-order valence-electron chi connectivity index (χ0n) is 24.9. The summed E-state index contributed by atoms with van der Waals surface area (Å²) in [7, 11) is 0. The average Bonchev–Trinajstić information content (AvgIpc) is 3.70. The van der Waals surface area contributed by atoms with Crippen molar-refractivity contribution in [2.75, 3.05) is 0 Å². The first-order valence-corrected chi connectivity index (χ1v) is 16.3. The number of hydrogen-bond donors (Lipinski definition) is 0. The van der Waals surface area contributed by atoms with E-state index in [1.54, 1.807) is 0 Å². The molecule has 3 heterocycles. The Bertz CT molecular complexity index is 2680. The van der Waals surface area contributed by atoms with E-state index in [0.717, 1.165) is 22.2 Å². The van der Waals surface area contributed by atoms with Gasteiger partial charge in [0.05, 0.1) is 26.9 Å². The molecule has 3 nitrogen and oxygen atoms in total. The van der Waals surface area contributed by atoms with Crippen LogP contribution in [0.25, 0.3) is 81.2 Å². The van der Waals surface area contributed by atoms with Crippen LogP contribution >= 0.6 is 11.3 Å². The van der Waals surface area contributed by atoms with Gasteiger partial charge in [0.1, 0.15) is 0 Å². The Morgan fingerprint density at radius 2 is 1.29 bits per heavy atom. The summed E-state index contributed by atoms with van der Waals surface area (Å²) in [5.41, 5.74) is 9.31. The largest absolute Gasteiger partial charge is 0.276 e. The third-order valence-electron chi connectivity index (χ3n) is 9.77. The van der Waals surface area contributed by atoms with Gasteiger partial charge in [-0.25, -0.2) is 9.97 Å². The summed E-state index contributed by atoms with van der Waals surface area (Å²) in [4.78, 5) is 12.3. The van der Waals surface area contributed by atoms with Gasteiger partial charge in [0.2, 0.25) is 5.95 Å². The molecule has 0 saturated carbocycles. The number of thiophene rings is 1. The average molecular weight is 594 g/mol. The number of rotatable bonds is 2. The minimum absolute atomic E-state index is 0.165. The molecule has 10 rings (SSSR count). The predicted octanol–water partition coefficient (Wildman–Crippen LogP) is 11.1. The molecule has 0 N–H and O–H groups in total. The monoisotopic (exact) mass is 593 g/mol. The smallest absolute Gasteiger partial charge is 0.235 e. The van der Waals surface area contributed by atoms with Gasteiger partial charge < -0.3 is 0 Å². The van der Waals surface area contributed by atoms with Crippen LogP contribution in [-0.2, 0) is 5.41 Å². The predicted molar refractivity (Wildman–Crippen MR) is 190 cm³/mol. The van der Waals surface area contributed by atoms with Crippen molar-refractivity contribution in [3.05, 3.63) is 139 Å². The molecular weight excluding hydrogens is 567 g/mol. The standard InChI is InChI=1S/C41H27N3S/c1-41(2)31-19-11-10-18-29(31)38-34(41)37-39(45-38)30-22-20-25-13-7-9-17-28(25)36(30)44(37)40-42-32-23-21-24-12-6-8-16-27(24)33(32)35(43-40)26-14-4-3-5-15-26/h3-23H,1-2H3. The lowest BCUT2D eigenvalue weighted by molar-refractivity contribution is 0.664. The Morgan fingerprint density at radius 1 is 0.600 bits per heavy atom. The summed E-state index contributed by atoms with van der Waals surface area (Å²) >= 11 is 1.91. The molecule has 4 heteroatoms. The van der Waals surface area contributed by atoms with Crippen molar-refractivity contribution in [1.29, 1.82) is 0 Å². The van der Waals surface area contributed by atoms with Gasteiger partial charge in [0.25, 0.3) is 0 Å². The number of benzene rings is 6. The summed E-state index contributed by atoms with van der Waals surface area (Å²) in [5.74, 6) is 0.709. The van der Waals surface area contributed by atoms with Crippen LogP contribution in [0.15, 0.2) is 127 Å². The van der Waals surface area contributed by atoms with Crippen molar-refractivity contribution >= 4 is 64.9 Å². The SMILES string of the molecule is CC1(C)c2ccccc2-c2sc3c4ccc5ccccc5c4n(-c4nc(-c5ccccc5)c5c(ccc6ccccc65)n4)c3c21. The molecule has 212 valence electrons. The number of aromatic nitrogens is 3. The van der Waals surface area contributed by atoms with Crippen LogP contribution in [0, 0.1) is 0 Å². The van der Waals surface area contributed by atoms with Crippen LogP contribution in [0.1, 0.15) is 25.0 Å². The fourth-order valence-corrected chi connectivity index (χ4v) is 9.25. The maximum atomic E-state index is 5.53. The minimum Gasteiger partial charge on any atom is -0.276 e. The van der Waals surface area contributed by atoms with E-state index in [0.29, 0.717) is 5.95 Å². The highest BCUT2D eigenvalue weighted by Gasteiger charge is 2.41. The van der Waals surface area contributed by atoms with Crippen LogP contribution in [0.3, 0.4) is 0 Å². The lowest BCUT2D eigenvalue weighted by Gasteiger charge is -2.22. The molecule has 1 aliphatic carbocycles. The molecule has 0 unspecified atom stereocenters. The first kappa shape index (κ1) is 25.1. The molecule has 0 bridgehead atoms. The summed E-state index contributed by atoms with van der Waals surface area (Å²) in [6.07, 6.45) is 0. The van der Waals surface area contributed by atoms with Crippen molar-refractivity contribution in [3.63, 3.8) is 0 Å². The van der Waals surface area contributed by atoms with E-state index in [1.165, 1.54) is 64.2 Å². The number of hydrogen-bond acceptors (Lipinski definition) is 3. The molecule has 0 saturated heterocycles. The zero-order chi connectivity index (χ0) is 29.9. The van der Waals surface area contributed by atoms with Crippen LogP contribution in [0.2, 0.25) is 0 Å². The second-order valence-electron chi connectivity index (χ2n) is 12.6. The molecular formula is C41H27N3S. The molecule has 9 aromatic rings. The van der Waals surface area contributed by atoms with Crippen LogP contribution in [0.5, 0.6) is 0 Å². The van der Waals surface area contributed by atoms with E-state index in [1.807, 2.05) is 11.3 Å². The fourth-order valence-electron chi connectivity index (χ4n) is 7.74. The van der Waals surface area contributed by atoms with Crippen molar-refractivity contribution in [2.24, 2.45) is 0 Å². The second kappa shape index (κ2) is 8.87. The van der Waals surface area contributed by atoms with Crippen LogP contribution in [0.4, 0.5) is 0 Å². The number of fused-ring (bicyclic) bond motifs is 12. The summed E-state index contributed by atoms with van der Waals surface area (Å²) in [5, 5.41) is 7.12. The molecule has 1 aliphatic rings. The molecule has 3 aromatic heterocycles. The molecule has 0 amide bonds. The van der Waals surface area contributed by atoms with Crippen molar-refractivity contribution in [3.8, 4) is 27.6 Å². The van der Waals surface area contributed by atoms with Gasteiger partial charge in [0, 0.05) is 37.6 Å². The molecule has 6 aromatic carbocycles. The quantitative estimate of drug-likeness (QED) is 0.187. The van der Waals surface area contributed by atoms with Crippen molar-refractivity contribution in [1.82, 2.24) is 14.5 Å². The normalized spacial score (nSPS) is 13.7. The van der Waals surface area contributed by atoms with Gasteiger partial charge in [0.15, 0.2) is 0 Å². The maximum Gasteiger partial charge on any atom is 0.235 e. The van der Waals surface area contributed by atoms with E-state index in [-0.39, 0.29) is 5.41 Å². The third kappa shape index (κ3) is 3.29. The first-order valence-electron chi connectivity index (χ1n) is 15.4. The van der Waals surface area contributed by atoms with Gasteiger partial charge in [-0.3, -0.25) is 4.57 Å². The Balaban J connectivity index is 1.42. The Morgan fingerprint density at radius 3 is 2.13 bits per heavy atom. The van der Waals surface area contributed by atoms with Crippen molar-refractivity contribution < 1.29 is 0 Å². The first-order chi connectivity index (χ1) is 22.1. The topological polar surface area (TPSA) is 30.7 Å². The van der Waals surface area contributed by atoms with E-state index in [4.69, 9.17) is 9.97 Å². The Hall–Kier alpha value is -5.32. The minimum atomic E-state index is -0.165. The third-order valence-corrected chi connectivity index (χ3v) is 11.0. The summed E-state index contributed by atoms with van der Waals surface area (Å²) in [6, 6.07) is 45.6. The number of nitrogens with zero attached hydrogens (tertiary/aromatic N) is 3. The van der Waals surface area contributed by atoms with Gasteiger partial charge in [-0.15, -0.1) is 11.3 Å². The second-order valence-corrected chi connectivity index (χ2v) is 13.6. The van der Waals surface area contributed by atoms with E-state index in [2.05, 4.69) is 146 Å². The fraction of sp³-hybridized carbons (Fsp3) is 0.0732. The molecule has 45 heavy (non-hydrogen) atoms. The Labute approximate surface area is 264 Å². The van der Waals surface area contributed by atoms with Crippen LogP contribution < -0.4 is 0 Å². The summed E-state index contributed by atoms with van der Waals surface area (Å²) < 4.78 is 3.68. The van der Waals surface area contributed by atoms with E-state index < -0.39 is 0 Å². The van der Waals surface area contributed by atoms with Crippen molar-refractivity contribution in [2.45, 2.75) is 19.3 Å². The molecule has 0 aliphatic heterocycles. The molecule has 0 atom stereocenters. The van der Waals surface area contributed by atoms with Gasteiger partial charge in [-0.2, -0.15) is 0 Å². The highest BCUT2D eigenvalue weighted by Crippen LogP contribution is 2.57. The van der Waals surface area contributed by atoms with E-state index >= 15 is 0 Å². The van der Waals surface area contributed by atoms with Gasteiger partial charge in [-0.1, -0.05) is 135 Å². The zero-order valence-corrected chi connectivity index (χ0v) is 25.7. The highest BCUT2D eigenvalue weighted by atomic mass is 32.1. The lowest BCUT2D eigenvalue weighted by atomic mass is 9.82. The lowest BCUT2D eigenvalue weighted by Crippen LogP contribution is -2.16. The van der Waals surface area contributed by atoms with Crippen LogP contribution in [-0.4, -0.2) is 14.5 Å². The van der Waals surface area contributed by atoms with Gasteiger partial charge in [-0.05, 0) is 33.4 Å². The van der Waals surface area contributed by atoms with Gasteiger partial charge >= 0.3 is 0 Å². The molecule has 0 radical (unpaired) electrons. The highest BCUT2D eigenvalue weighted by molar-refractivity contribution is 7.23. The van der Waals surface area contributed by atoms with E-state index in [9.17, 15) is 0 Å². The molecule has 0 fully saturated rings.